The third kappa shape index (κ3) is 10.1. The molecular formula is C23H41N3O4. The summed E-state index contributed by atoms with van der Waals surface area (Å²) < 4.78 is 4.97. The summed E-state index contributed by atoms with van der Waals surface area (Å²) >= 11 is 0. The molecule has 0 aromatic rings. The zero-order valence-corrected chi connectivity index (χ0v) is 19.0. The van der Waals surface area contributed by atoms with Gasteiger partial charge in [-0.1, -0.05) is 31.9 Å². The highest BCUT2D eigenvalue weighted by atomic mass is 16.5. The van der Waals surface area contributed by atoms with Crippen molar-refractivity contribution in [2.45, 2.75) is 64.8 Å². The monoisotopic (exact) mass is 423 g/mol. The summed E-state index contributed by atoms with van der Waals surface area (Å²) in [6.07, 6.45) is 12.0. The molecule has 30 heavy (non-hydrogen) atoms. The Morgan fingerprint density at radius 1 is 1.23 bits per heavy atom. The standard InChI is InChI=1S/C13H22O2.C8H15N3O2.C2H4/c1-3-5-6-7-8-9-11-10-12(11)13(14)15-4-2;1-10-8(13)6-3-2-4-11(6)7(12)5-9;1-2/h8-9,11-12H,3-7,10H2,1-2H3;6H,2-5,9H2,1H3,(H,10,13);1-2H2/b9-8-;;. The number of likely N-dealkylation sites (N-methyl/N-ethyl adjacent to an activating group) is 1. The summed E-state index contributed by atoms with van der Waals surface area (Å²) in [4.78, 5) is 35.4. The van der Waals surface area contributed by atoms with Crippen LogP contribution in [0.25, 0.3) is 0 Å². The van der Waals surface area contributed by atoms with Crippen LogP contribution in [0.15, 0.2) is 25.3 Å². The van der Waals surface area contributed by atoms with Crippen LogP contribution in [0.3, 0.4) is 0 Å². The molecule has 2 rings (SSSR count). The number of unbranched alkanes of at least 4 members (excludes halogenated alkanes) is 3. The van der Waals surface area contributed by atoms with Crippen molar-refractivity contribution in [2.75, 3.05) is 26.7 Å². The second kappa shape index (κ2) is 16.6. The van der Waals surface area contributed by atoms with E-state index in [1.54, 1.807) is 11.9 Å². The van der Waals surface area contributed by atoms with Gasteiger partial charge in [0.2, 0.25) is 11.8 Å². The molecule has 0 radical (unpaired) electrons. The lowest BCUT2D eigenvalue weighted by molar-refractivity contribution is -0.144. The highest BCUT2D eigenvalue weighted by molar-refractivity contribution is 5.88. The molecule has 2 amide bonds. The van der Waals surface area contributed by atoms with Crippen LogP contribution < -0.4 is 11.1 Å². The number of nitrogens with two attached hydrogens (primary N) is 1. The number of carbonyl (C=O) groups excluding carboxylic acids is 3. The average Bonchev–Trinajstić information content (AvgIpc) is 3.38. The third-order valence-corrected chi connectivity index (χ3v) is 5.08. The van der Waals surface area contributed by atoms with E-state index in [1.807, 2.05) is 6.92 Å². The van der Waals surface area contributed by atoms with E-state index in [1.165, 1.54) is 19.3 Å². The Hall–Kier alpha value is -2.15. The molecule has 0 aromatic carbocycles. The minimum absolute atomic E-state index is 0.0132. The number of amides is 2. The van der Waals surface area contributed by atoms with E-state index in [-0.39, 0.29) is 36.3 Å². The molecule has 3 unspecified atom stereocenters. The van der Waals surface area contributed by atoms with Gasteiger partial charge in [0.1, 0.15) is 6.04 Å². The van der Waals surface area contributed by atoms with Crippen molar-refractivity contribution < 1.29 is 19.1 Å². The number of allylic oxidation sites excluding steroid dienone is 2. The fourth-order valence-electron chi connectivity index (χ4n) is 3.35. The van der Waals surface area contributed by atoms with Crippen LogP contribution in [-0.4, -0.2) is 55.5 Å². The Morgan fingerprint density at radius 3 is 2.50 bits per heavy atom. The molecular weight excluding hydrogens is 382 g/mol. The first-order valence-electron chi connectivity index (χ1n) is 11.0. The van der Waals surface area contributed by atoms with Gasteiger partial charge in [-0.05, 0) is 44.9 Å². The summed E-state index contributed by atoms with van der Waals surface area (Å²) in [5, 5.41) is 2.54. The minimum Gasteiger partial charge on any atom is -0.466 e. The van der Waals surface area contributed by atoms with Gasteiger partial charge in [-0.3, -0.25) is 14.4 Å². The number of ether oxygens (including phenoxy) is 1. The molecule has 1 saturated carbocycles. The van der Waals surface area contributed by atoms with Crippen LogP contribution in [0.4, 0.5) is 0 Å². The lowest BCUT2D eigenvalue weighted by Crippen LogP contribution is -2.46. The SMILES string of the molecule is C=C.CCCCC/C=C\C1CC1C(=O)OCC.CNC(=O)C1CCCN1C(=O)CN. The largest absolute Gasteiger partial charge is 0.466 e. The maximum Gasteiger partial charge on any atom is 0.309 e. The topological polar surface area (TPSA) is 102 Å². The Labute approximate surface area is 182 Å². The Kier molecular flexibility index (Phi) is 15.4. The lowest BCUT2D eigenvalue weighted by Gasteiger charge is -2.22. The minimum atomic E-state index is -0.305. The number of carbonyl (C=O) groups is 3. The Bertz CT molecular complexity index is 529. The molecule has 7 nitrogen and oxygen atoms in total. The van der Waals surface area contributed by atoms with Crippen LogP contribution in [0.2, 0.25) is 0 Å². The van der Waals surface area contributed by atoms with Crippen molar-refractivity contribution in [3.05, 3.63) is 25.3 Å². The first-order chi connectivity index (χ1) is 14.5. The van der Waals surface area contributed by atoms with Crippen LogP contribution in [0.1, 0.15) is 58.8 Å². The molecule has 1 heterocycles. The summed E-state index contributed by atoms with van der Waals surface area (Å²) in [5.74, 6) is 0.365. The normalized spacial score (nSPS) is 21.7. The van der Waals surface area contributed by atoms with Crippen LogP contribution >= 0.6 is 0 Å². The fraction of sp³-hybridized carbons (Fsp3) is 0.696. The predicted molar refractivity (Wildman–Crippen MR) is 121 cm³/mol. The average molecular weight is 424 g/mol. The van der Waals surface area contributed by atoms with Crippen LogP contribution in [0.5, 0.6) is 0 Å². The van der Waals surface area contributed by atoms with Gasteiger partial charge in [0, 0.05) is 13.6 Å². The van der Waals surface area contributed by atoms with Crippen molar-refractivity contribution in [3.63, 3.8) is 0 Å². The molecule has 1 saturated heterocycles. The van der Waals surface area contributed by atoms with Gasteiger partial charge >= 0.3 is 5.97 Å². The Morgan fingerprint density at radius 2 is 1.93 bits per heavy atom. The lowest BCUT2D eigenvalue weighted by atomic mass is 10.2. The number of hydrogen-bond acceptors (Lipinski definition) is 5. The second-order valence-corrected chi connectivity index (χ2v) is 7.25. The molecule has 1 aliphatic heterocycles. The first-order valence-corrected chi connectivity index (χ1v) is 11.0. The highest BCUT2D eigenvalue weighted by Gasteiger charge is 2.42. The number of esters is 1. The van der Waals surface area contributed by atoms with E-state index < -0.39 is 0 Å². The molecule has 2 aliphatic rings. The van der Waals surface area contributed by atoms with Gasteiger partial charge in [0.15, 0.2) is 0 Å². The maximum atomic E-state index is 11.3. The predicted octanol–water partition coefficient (Wildman–Crippen LogP) is 2.81. The van der Waals surface area contributed by atoms with Crippen molar-refractivity contribution in [2.24, 2.45) is 17.6 Å². The summed E-state index contributed by atoms with van der Waals surface area (Å²) in [6.45, 7) is 11.2. The van der Waals surface area contributed by atoms with E-state index in [9.17, 15) is 14.4 Å². The van der Waals surface area contributed by atoms with Crippen molar-refractivity contribution in [3.8, 4) is 0 Å². The number of nitrogens with zero attached hydrogens (tertiary/aromatic N) is 1. The van der Waals surface area contributed by atoms with Crippen LogP contribution in [-0.2, 0) is 19.1 Å². The summed E-state index contributed by atoms with van der Waals surface area (Å²) in [5.41, 5.74) is 5.23. The van der Waals surface area contributed by atoms with E-state index >= 15 is 0 Å². The number of hydrogen-bond donors (Lipinski definition) is 2. The van der Waals surface area contributed by atoms with Gasteiger partial charge in [0.05, 0.1) is 19.1 Å². The molecule has 1 aliphatic carbocycles. The zero-order valence-electron chi connectivity index (χ0n) is 19.0. The van der Waals surface area contributed by atoms with Gasteiger partial charge in [-0.2, -0.15) is 0 Å². The first kappa shape index (κ1) is 27.8. The molecule has 3 atom stereocenters. The van der Waals surface area contributed by atoms with Crippen molar-refractivity contribution in [1.29, 1.82) is 0 Å². The van der Waals surface area contributed by atoms with E-state index in [0.29, 0.717) is 19.1 Å². The summed E-state index contributed by atoms with van der Waals surface area (Å²) in [6, 6.07) is -0.305. The van der Waals surface area contributed by atoms with Gasteiger partial charge < -0.3 is 20.7 Å². The van der Waals surface area contributed by atoms with Crippen LogP contribution in [0, 0.1) is 11.8 Å². The maximum absolute atomic E-state index is 11.3. The zero-order chi connectivity index (χ0) is 22.9. The molecule has 7 heteroatoms. The molecule has 0 aromatic heterocycles. The number of likely N-dealkylation sites (tertiary alicyclic amines) is 1. The number of nitrogens with one attached hydrogen (secondary N) is 1. The number of rotatable bonds is 9. The molecule has 172 valence electrons. The van der Waals surface area contributed by atoms with Gasteiger partial charge in [-0.15, -0.1) is 13.2 Å². The van der Waals surface area contributed by atoms with E-state index in [4.69, 9.17) is 10.5 Å². The fourth-order valence-corrected chi connectivity index (χ4v) is 3.35. The molecule has 3 N–H and O–H groups in total. The van der Waals surface area contributed by atoms with Crippen molar-refractivity contribution in [1.82, 2.24) is 10.2 Å². The molecule has 0 spiro atoms. The second-order valence-electron chi connectivity index (χ2n) is 7.25. The third-order valence-electron chi connectivity index (χ3n) is 5.08. The quantitative estimate of drug-likeness (QED) is 0.337. The van der Waals surface area contributed by atoms with Gasteiger partial charge in [-0.25, -0.2) is 0 Å². The van der Waals surface area contributed by atoms with Gasteiger partial charge in [0.25, 0.3) is 0 Å². The summed E-state index contributed by atoms with van der Waals surface area (Å²) in [7, 11) is 1.58. The van der Waals surface area contributed by atoms with Crippen molar-refractivity contribution >= 4 is 17.8 Å². The van der Waals surface area contributed by atoms with E-state index in [0.717, 1.165) is 25.7 Å². The molecule has 0 bridgehead atoms. The van der Waals surface area contributed by atoms with E-state index in [2.05, 4.69) is 37.6 Å². The smallest absolute Gasteiger partial charge is 0.309 e. The highest BCUT2D eigenvalue weighted by Crippen LogP contribution is 2.40. The molecule has 2 fully saturated rings. The Balaban J connectivity index is 0.000000522.